The Morgan fingerprint density at radius 2 is 0.556 bits per heavy atom. The highest BCUT2D eigenvalue weighted by Gasteiger charge is 2.16. The SMILES string of the molecule is c1ccc(-n2c3ccc(-c4cccc(-c5cccc(-c6ccc7oc8ccccc8c7c6)c5)c4)cc3c3cc(-c4cccc(-c5ccc6oc7ccccc7c6c5)c4)ccc32)cc1. The molecule has 3 aromatic heterocycles. The van der Waals surface area contributed by atoms with Crippen LogP contribution in [0, 0.1) is 0 Å². The molecule has 3 heteroatoms. The first-order valence-electron chi connectivity index (χ1n) is 21.5. The fraction of sp³-hybridized carbons (Fsp3) is 0. The lowest BCUT2D eigenvalue weighted by Gasteiger charge is -2.10. The highest BCUT2D eigenvalue weighted by Crippen LogP contribution is 2.40. The molecule has 0 radical (unpaired) electrons. The number of hydrogen-bond acceptors (Lipinski definition) is 2. The molecule has 0 spiro atoms. The molecule has 0 fully saturated rings. The van der Waals surface area contributed by atoms with Gasteiger partial charge in [0.15, 0.2) is 0 Å². The first kappa shape index (κ1) is 35.4. The summed E-state index contributed by atoms with van der Waals surface area (Å²) >= 11 is 0. The molecule has 13 aromatic rings. The monoisotopic (exact) mass is 803 g/mol. The van der Waals surface area contributed by atoms with Crippen molar-refractivity contribution in [3.05, 3.63) is 224 Å². The lowest BCUT2D eigenvalue weighted by atomic mass is 9.95. The third-order valence-corrected chi connectivity index (χ3v) is 12.8. The number of hydrogen-bond donors (Lipinski definition) is 0. The molecule has 3 nitrogen and oxygen atoms in total. The Balaban J connectivity index is 0.896. The molecule has 0 saturated heterocycles. The second kappa shape index (κ2) is 14.1. The number of nitrogens with zero attached hydrogens (tertiary/aromatic N) is 1. The molecule has 0 aliphatic heterocycles. The molecule has 3 heterocycles. The van der Waals surface area contributed by atoms with Gasteiger partial charge in [0, 0.05) is 38.0 Å². The number of fused-ring (bicyclic) bond motifs is 9. The van der Waals surface area contributed by atoms with Gasteiger partial charge < -0.3 is 13.4 Å². The van der Waals surface area contributed by atoms with E-state index in [0.717, 1.165) is 49.6 Å². The smallest absolute Gasteiger partial charge is 0.135 e. The Labute approximate surface area is 363 Å². The van der Waals surface area contributed by atoms with E-state index in [2.05, 4.69) is 205 Å². The topological polar surface area (TPSA) is 31.2 Å². The van der Waals surface area contributed by atoms with Crippen molar-refractivity contribution in [3.8, 4) is 61.3 Å². The van der Waals surface area contributed by atoms with Crippen molar-refractivity contribution >= 4 is 65.7 Å². The molecular weight excluding hydrogens is 767 g/mol. The fourth-order valence-corrected chi connectivity index (χ4v) is 9.68. The summed E-state index contributed by atoms with van der Waals surface area (Å²) in [5, 5.41) is 6.99. The largest absolute Gasteiger partial charge is 0.456 e. The standard InChI is InChI=1S/C60H37NO2/c1-2-17-48(18-3-1)61-55-27-23-44(40-13-8-11-38(31-40)39-12-9-15-42(32-39)46-25-29-59-53(36-46)49-19-4-6-21-57(49)62-59)34-51(55)52-35-45(24-28-56(52)61)41-14-10-16-43(33-41)47-26-30-60-54(37-47)50-20-5-7-22-58(50)63-60/h1-37H. The van der Waals surface area contributed by atoms with E-state index in [1.54, 1.807) is 0 Å². The van der Waals surface area contributed by atoms with Gasteiger partial charge in [0.2, 0.25) is 0 Å². The number of benzene rings is 10. The summed E-state index contributed by atoms with van der Waals surface area (Å²) in [6.07, 6.45) is 0. The molecule has 0 saturated carbocycles. The first-order chi connectivity index (χ1) is 31.2. The second-order valence-corrected chi connectivity index (χ2v) is 16.5. The normalized spacial score (nSPS) is 11.8. The maximum absolute atomic E-state index is 6.14. The summed E-state index contributed by atoms with van der Waals surface area (Å²) in [5.41, 5.74) is 18.9. The zero-order valence-corrected chi connectivity index (χ0v) is 34.1. The van der Waals surface area contributed by atoms with Crippen molar-refractivity contribution in [2.24, 2.45) is 0 Å². The summed E-state index contributed by atoms with van der Waals surface area (Å²) in [4.78, 5) is 0. The zero-order chi connectivity index (χ0) is 41.4. The third-order valence-electron chi connectivity index (χ3n) is 12.8. The van der Waals surface area contributed by atoms with Crippen molar-refractivity contribution in [2.45, 2.75) is 0 Å². The maximum Gasteiger partial charge on any atom is 0.135 e. The highest BCUT2D eigenvalue weighted by molar-refractivity contribution is 6.12. The highest BCUT2D eigenvalue weighted by atomic mass is 16.3. The van der Waals surface area contributed by atoms with Gasteiger partial charge in [-0.3, -0.25) is 0 Å². The number of furan rings is 2. The Hall–Kier alpha value is -8.40. The van der Waals surface area contributed by atoms with Crippen molar-refractivity contribution < 1.29 is 8.83 Å². The Morgan fingerprint density at radius 3 is 0.984 bits per heavy atom. The lowest BCUT2D eigenvalue weighted by Crippen LogP contribution is -1.93. The van der Waals surface area contributed by atoms with Crippen molar-refractivity contribution in [1.29, 1.82) is 0 Å². The van der Waals surface area contributed by atoms with Gasteiger partial charge in [0.05, 0.1) is 11.0 Å². The summed E-state index contributed by atoms with van der Waals surface area (Å²) in [6, 6.07) is 80.8. The van der Waals surface area contributed by atoms with Crippen LogP contribution < -0.4 is 0 Å². The van der Waals surface area contributed by atoms with Crippen LogP contribution >= 0.6 is 0 Å². The van der Waals surface area contributed by atoms with Crippen LogP contribution in [0.15, 0.2) is 233 Å². The molecule has 0 bridgehead atoms. The van der Waals surface area contributed by atoms with Crippen LogP contribution in [0.3, 0.4) is 0 Å². The molecule has 0 aliphatic rings. The van der Waals surface area contributed by atoms with Crippen LogP contribution in [-0.2, 0) is 0 Å². The number of rotatable bonds is 6. The maximum atomic E-state index is 6.14. The molecule has 10 aromatic carbocycles. The Kier molecular flexibility index (Phi) is 7.91. The molecule has 0 unspecified atom stereocenters. The average molecular weight is 804 g/mol. The molecule has 0 amide bonds. The van der Waals surface area contributed by atoms with Crippen LogP contribution in [0.4, 0.5) is 0 Å². The van der Waals surface area contributed by atoms with E-state index in [1.807, 2.05) is 24.3 Å². The predicted octanol–water partition coefficient (Wildman–Crippen LogP) is 16.9. The van der Waals surface area contributed by atoms with Gasteiger partial charge in [0.25, 0.3) is 0 Å². The van der Waals surface area contributed by atoms with E-state index in [4.69, 9.17) is 8.83 Å². The summed E-state index contributed by atoms with van der Waals surface area (Å²) in [5.74, 6) is 0. The van der Waals surface area contributed by atoms with Gasteiger partial charge in [0.1, 0.15) is 22.3 Å². The van der Waals surface area contributed by atoms with Gasteiger partial charge in [-0.2, -0.15) is 0 Å². The van der Waals surface area contributed by atoms with Crippen LogP contribution in [0.2, 0.25) is 0 Å². The van der Waals surface area contributed by atoms with E-state index >= 15 is 0 Å². The van der Waals surface area contributed by atoms with E-state index in [1.165, 1.54) is 77.4 Å². The summed E-state index contributed by atoms with van der Waals surface area (Å²) < 4.78 is 14.7. The van der Waals surface area contributed by atoms with Crippen LogP contribution in [0.5, 0.6) is 0 Å². The molecule has 294 valence electrons. The van der Waals surface area contributed by atoms with Gasteiger partial charge in [-0.05, 0) is 147 Å². The molecule has 0 aliphatic carbocycles. The number of aromatic nitrogens is 1. The molecule has 63 heavy (non-hydrogen) atoms. The second-order valence-electron chi connectivity index (χ2n) is 16.5. The first-order valence-corrected chi connectivity index (χ1v) is 21.5. The van der Waals surface area contributed by atoms with Crippen molar-refractivity contribution in [2.75, 3.05) is 0 Å². The minimum atomic E-state index is 0.908. The molecule has 13 rings (SSSR count). The Morgan fingerprint density at radius 1 is 0.222 bits per heavy atom. The van der Waals surface area contributed by atoms with E-state index in [0.29, 0.717) is 0 Å². The van der Waals surface area contributed by atoms with Gasteiger partial charge in [-0.1, -0.05) is 133 Å². The average Bonchev–Trinajstić information content (AvgIpc) is 4.03. The zero-order valence-electron chi connectivity index (χ0n) is 34.1. The third kappa shape index (κ3) is 5.89. The van der Waals surface area contributed by atoms with Crippen LogP contribution in [0.1, 0.15) is 0 Å². The minimum Gasteiger partial charge on any atom is -0.456 e. The minimum absolute atomic E-state index is 0.908. The van der Waals surface area contributed by atoms with Gasteiger partial charge in [-0.25, -0.2) is 0 Å². The van der Waals surface area contributed by atoms with E-state index in [-0.39, 0.29) is 0 Å². The molecular formula is C60H37NO2. The number of para-hydroxylation sites is 3. The summed E-state index contributed by atoms with van der Waals surface area (Å²) in [7, 11) is 0. The fourth-order valence-electron chi connectivity index (χ4n) is 9.68. The molecule has 0 N–H and O–H groups in total. The quantitative estimate of drug-likeness (QED) is 0.168. The van der Waals surface area contributed by atoms with Gasteiger partial charge >= 0.3 is 0 Å². The van der Waals surface area contributed by atoms with E-state index in [9.17, 15) is 0 Å². The van der Waals surface area contributed by atoms with Crippen LogP contribution in [-0.4, -0.2) is 4.57 Å². The van der Waals surface area contributed by atoms with Crippen LogP contribution in [0.25, 0.3) is 127 Å². The van der Waals surface area contributed by atoms with Gasteiger partial charge in [-0.15, -0.1) is 0 Å². The van der Waals surface area contributed by atoms with E-state index < -0.39 is 0 Å². The van der Waals surface area contributed by atoms with Crippen molar-refractivity contribution in [1.82, 2.24) is 4.57 Å². The summed E-state index contributed by atoms with van der Waals surface area (Å²) in [6.45, 7) is 0. The van der Waals surface area contributed by atoms with Crippen molar-refractivity contribution in [3.63, 3.8) is 0 Å². The lowest BCUT2D eigenvalue weighted by molar-refractivity contribution is 0.668. The predicted molar refractivity (Wildman–Crippen MR) is 263 cm³/mol. The molecule has 0 atom stereocenters. The Bertz CT molecular complexity index is 3920.